The number of nitrogens with one attached hydrogen (secondary N) is 1. The van der Waals surface area contributed by atoms with Crippen molar-refractivity contribution >= 4 is 40.9 Å². The molecule has 0 bridgehead atoms. The van der Waals surface area contributed by atoms with E-state index in [4.69, 9.17) is 23.2 Å². The molecular formula is C19H18Cl2F3N5O3. The predicted octanol–water partition coefficient (Wildman–Crippen LogP) is 3.32. The highest BCUT2D eigenvalue weighted by Crippen LogP contribution is 2.32. The molecule has 0 aliphatic heterocycles. The van der Waals surface area contributed by atoms with E-state index < -0.39 is 35.5 Å². The maximum Gasteiger partial charge on any atom is 0.416 e. The van der Waals surface area contributed by atoms with Gasteiger partial charge in [0.15, 0.2) is 5.69 Å². The number of nitrogens with zero attached hydrogens (tertiary/aromatic N) is 4. The standard InChI is InChI=1S/C19H18Cl2F3N5O3/c1-10(15-16(26-5-4-25-15)17(31)27-29(3)14(30)9-20)28(2)18(32)11-6-12(19(22,23)24)8-13(21)7-11/h4-8,10H,9H2,1-3H3,(H,27,31). The van der Waals surface area contributed by atoms with Crippen LogP contribution in [0.3, 0.4) is 0 Å². The van der Waals surface area contributed by atoms with Crippen molar-refractivity contribution in [1.29, 1.82) is 0 Å². The predicted molar refractivity (Wildman–Crippen MR) is 110 cm³/mol. The van der Waals surface area contributed by atoms with Gasteiger partial charge in [-0.2, -0.15) is 13.2 Å². The largest absolute Gasteiger partial charge is 0.416 e. The van der Waals surface area contributed by atoms with Crippen LogP contribution in [-0.2, 0) is 11.0 Å². The van der Waals surface area contributed by atoms with E-state index in [1.807, 2.05) is 0 Å². The fourth-order valence-electron chi connectivity index (χ4n) is 2.63. The van der Waals surface area contributed by atoms with Crippen molar-refractivity contribution in [2.45, 2.75) is 19.1 Å². The Morgan fingerprint density at radius 2 is 1.75 bits per heavy atom. The lowest BCUT2D eigenvalue weighted by Crippen LogP contribution is -2.45. The molecule has 8 nitrogen and oxygen atoms in total. The molecule has 32 heavy (non-hydrogen) atoms. The van der Waals surface area contributed by atoms with E-state index in [0.717, 1.165) is 16.0 Å². The quantitative estimate of drug-likeness (QED) is 0.511. The molecule has 1 unspecified atom stereocenters. The summed E-state index contributed by atoms with van der Waals surface area (Å²) in [5, 5.41) is 0.619. The first kappa shape index (κ1) is 25.3. The molecule has 172 valence electrons. The van der Waals surface area contributed by atoms with Crippen molar-refractivity contribution in [3.8, 4) is 0 Å². The van der Waals surface area contributed by atoms with E-state index in [1.165, 1.54) is 33.4 Å². The van der Waals surface area contributed by atoms with Gasteiger partial charge in [-0.25, -0.2) is 4.98 Å². The highest BCUT2D eigenvalue weighted by Gasteiger charge is 2.33. The van der Waals surface area contributed by atoms with Crippen molar-refractivity contribution in [3.05, 3.63) is 58.1 Å². The number of aromatic nitrogens is 2. The van der Waals surface area contributed by atoms with Crippen LogP contribution in [0.15, 0.2) is 30.6 Å². The monoisotopic (exact) mass is 491 g/mol. The molecule has 3 amide bonds. The van der Waals surface area contributed by atoms with Gasteiger partial charge in [-0.05, 0) is 25.1 Å². The first-order chi connectivity index (χ1) is 14.9. The maximum absolute atomic E-state index is 13.1. The van der Waals surface area contributed by atoms with Crippen LogP contribution >= 0.6 is 23.2 Å². The van der Waals surface area contributed by atoms with Crippen molar-refractivity contribution in [2.24, 2.45) is 0 Å². The van der Waals surface area contributed by atoms with Gasteiger partial charge in [-0.1, -0.05) is 11.6 Å². The Morgan fingerprint density at radius 1 is 1.12 bits per heavy atom. The van der Waals surface area contributed by atoms with Crippen LogP contribution in [0.25, 0.3) is 0 Å². The van der Waals surface area contributed by atoms with E-state index in [1.54, 1.807) is 0 Å². The third-order valence-electron chi connectivity index (χ3n) is 4.47. The summed E-state index contributed by atoms with van der Waals surface area (Å²) in [4.78, 5) is 46.2. The second-order valence-corrected chi connectivity index (χ2v) is 7.34. The topological polar surface area (TPSA) is 95.5 Å². The number of amides is 3. The van der Waals surface area contributed by atoms with Crippen LogP contribution in [0.2, 0.25) is 5.02 Å². The van der Waals surface area contributed by atoms with Crippen LogP contribution in [0.4, 0.5) is 13.2 Å². The van der Waals surface area contributed by atoms with Crippen LogP contribution in [-0.4, -0.2) is 57.6 Å². The maximum atomic E-state index is 13.1. The average Bonchev–Trinajstić information content (AvgIpc) is 2.75. The van der Waals surface area contributed by atoms with Gasteiger partial charge < -0.3 is 4.90 Å². The minimum absolute atomic E-state index is 0.0608. The Balaban J connectivity index is 2.33. The Kier molecular flexibility index (Phi) is 8.02. The van der Waals surface area contributed by atoms with Gasteiger partial charge in [0.2, 0.25) is 0 Å². The summed E-state index contributed by atoms with van der Waals surface area (Å²) in [6.45, 7) is 1.52. The minimum Gasteiger partial charge on any atom is -0.333 e. The van der Waals surface area contributed by atoms with Gasteiger partial charge in [0, 0.05) is 37.1 Å². The summed E-state index contributed by atoms with van der Waals surface area (Å²) in [6.07, 6.45) is -2.16. The van der Waals surface area contributed by atoms with Crippen molar-refractivity contribution in [1.82, 2.24) is 25.3 Å². The molecular weight excluding hydrogens is 474 g/mol. The second kappa shape index (κ2) is 10.1. The molecule has 0 saturated carbocycles. The molecule has 0 aliphatic carbocycles. The van der Waals surface area contributed by atoms with E-state index in [0.29, 0.717) is 12.1 Å². The van der Waals surface area contributed by atoms with Gasteiger partial charge in [0.25, 0.3) is 17.7 Å². The van der Waals surface area contributed by atoms with Crippen LogP contribution < -0.4 is 5.43 Å². The van der Waals surface area contributed by atoms with Gasteiger partial charge in [0.1, 0.15) is 5.88 Å². The second-order valence-electron chi connectivity index (χ2n) is 6.64. The molecule has 0 radical (unpaired) electrons. The average molecular weight is 492 g/mol. The van der Waals surface area contributed by atoms with Crippen molar-refractivity contribution < 1.29 is 27.6 Å². The molecule has 2 rings (SSSR count). The zero-order valence-corrected chi connectivity index (χ0v) is 18.6. The first-order valence-electron chi connectivity index (χ1n) is 8.96. The molecule has 0 fully saturated rings. The van der Waals surface area contributed by atoms with Crippen LogP contribution in [0, 0.1) is 0 Å². The minimum atomic E-state index is -4.69. The van der Waals surface area contributed by atoms with E-state index >= 15 is 0 Å². The zero-order valence-electron chi connectivity index (χ0n) is 17.1. The number of carbonyl (C=O) groups excluding carboxylic acids is 3. The smallest absolute Gasteiger partial charge is 0.333 e. The number of hydrogen-bond acceptors (Lipinski definition) is 5. The van der Waals surface area contributed by atoms with Gasteiger partial charge >= 0.3 is 6.18 Å². The summed E-state index contributed by atoms with van der Waals surface area (Å²) in [5.41, 5.74) is 0.803. The molecule has 0 aliphatic rings. The van der Waals surface area contributed by atoms with Crippen LogP contribution in [0.1, 0.15) is 45.1 Å². The summed E-state index contributed by atoms with van der Waals surface area (Å²) >= 11 is 11.2. The number of benzene rings is 1. The highest BCUT2D eigenvalue weighted by molar-refractivity contribution is 6.31. The fraction of sp³-hybridized carbons (Fsp3) is 0.316. The lowest BCUT2D eigenvalue weighted by molar-refractivity contribution is -0.137. The number of hydrazine groups is 1. The fourth-order valence-corrected chi connectivity index (χ4v) is 3.04. The van der Waals surface area contributed by atoms with Crippen molar-refractivity contribution in [2.75, 3.05) is 20.0 Å². The summed E-state index contributed by atoms with van der Waals surface area (Å²) < 4.78 is 39.2. The van der Waals surface area contributed by atoms with Gasteiger partial charge in [-0.3, -0.25) is 29.8 Å². The lowest BCUT2D eigenvalue weighted by atomic mass is 10.1. The summed E-state index contributed by atoms with van der Waals surface area (Å²) in [7, 11) is 2.62. The first-order valence-corrected chi connectivity index (χ1v) is 9.87. The number of carbonyl (C=O) groups is 3. The molecule has 13 heteroatoms. The lowest BCUT2D eigenvalue weighted by Gasteiger charge is -2.26. The number of hydrogen-bond donors (Lipinski definition) is 1. The summed E-state index contributed by atoms with van der Waals surface area (Å²) in [5.74, 6) is -2.51. The third kappa shape index (κ3) is 5.86. The van der Waals surface area contributed by atoms with Gasteiger partial charge in [-0.15, -0.1) is 11.6 Å². The molecule has 1 aromatic heterocycles. The number of alkyl halides is 4. The normalized spacial score (nSPS) is 12.1. The van der Waals surface area contributed by atoms with Crippen LogP contribution in [0.5, 0.6) is 0 Å². The molecule has 1 N–H and O–H groups in total. The van der Waals surface area contributed by atoms with E-state index in [2.05, 4.69) is 15.4 Å². The van der Waals surface area contributed by atoms with Gasteiger partial charge in [0.05, 0.1) is 17.3 Å². The third-order valence-corrected chi connectivity index (χ3v) is 4.92. The Labute approximate surface area is 191 Å². The molecule has 0 saturated heterocycles. The molecule has 1 heterocycles. The summed E-state index contributed by atoms with van der Waals surface area (Å²) in [6, 6.07) is 1.64. The van der Waals surface area contributed by atoms with E-state index in [9.17, 15) is 27.6 Å². The zero-order chi connectivity index (χ0) is 24.2. The molecule has 2 aromatic rings. The SMILES string of the molecule is CC(c1nccnc1C(=O)NN(C)C(=O)CCl)N(C)C(=O)c1cc(Cl)cc(C(F)(F)F)c1. The highest BCUT2D eigenvalue weighted by atomic mass is 35.5. The number of rotatable bonds is 5. The Bertz CT molecular complexity index is 1040. The Hall–Kier alpha value is -2.92. The Morgan fingerprint density at radius 3 is 2.34 bits per heavy atom. The molecule has 1 atom stereocenters. The van der Waals surface area contributed by atoms with E-state index in [-0.39, 0.29) is 27.9 Å². The molecule has 1 aromatic carbocycles. The molecule has 0 spiro atoms. The van der Waals surface area contributed by atoms with Crippen molar-refractivity contribution in [3.63, 3.8) is 0 Å². The number of halogens is 5.